The summed E-state index contributed by atoms with van der Waals surface area (Å²) in [6.45, 7) is -0.0822. The molecule has 0 aliphatic rings. The van der Waals surface area contributed by atoms with Crippen LogP contribution in [0.4, 0.5) is 0 Å². The van der Waals surface area contributed by atoms with Gasteiger partial charge in [0, 0.05) is 31.4 Å². The zero-order valence-corrected chi connectivity index (χ0v) is 30.8. The Hall–Kier alpha value is -7.06. The number of imidazole rings is 4. The number of furan rings is 1. The quantitative estimate of drug-likeness (QED) is 0.160. The fourth-order valence-corrected chi connectivity index (χ4v) is 6.65. The summed E-state index contributed by atoms with van der Waals surface area (Å²) in [6.07, 6.45) is 6.97. The summed E-state index contributed by atoms with van der Waals surface area (Å²) in [7, 11) is 3.82. The van der Waals surface area contributed by atoms with Crippen molar-refractivity contribution in [2.24, 2.45) is 14.1 Å². The average molecular weight is 746 g/mol. The van der Waals surface area contributed by atoms with Crippen LogP contribution < -0.4 is 0 Å². The van der Waals surface area contributed by atoms with Crippen LogP contribution in [0.3, 0.4) is 0 Å². The maximum absolute atomic E-state index is 9.20. The molecule has 3 N–H and O–H groups in total. The van der Waals surface area contributed by atoms with Crippen LogP contribution in [-0.4, -0.2) is 58.1 Å². The molecule has 6 heterocycles. The van der Waals surface area contributed by atoms with Gasteiger partial charge in [0.2, 0.25) is 11.8 Å². The van der Waals surface area contributed by atoms with E-state index < -0.39 is 0 Å². The van der Waals surface area contributed by atoms with E-state index in [1.54, 1.807) is 31.2 Å². The summed E-state index contributed by atoms with van der Waals surface area (Å²) in [5.74, 6) is 2.94. The number of hydrogen-bond acceptors (Lipinski definition) is 8. The van der Waals surface area contributed by atoms with Crippen LogP contribution in [0.15, 0.2) is 151 Å². The molecule has 10 rings (SSSR count). The Morgan fingerprint density at radius 2 is 1.16 bits per heavy atom. The molecule has 10 aromatic rings. The number of fused-ring (bicyclic) bond motifs is 3. The van der Waals surface area contributed by atoms with Crippen molar-refractivity contribution >= 4 is 33.1 Å². The molecule has 13 heteroatoms. The second-order valence-corrected chi connectivity index (χ2v) is 12.9. The first kappa shape index (κ1) is 35.9. The largest absolute Gasteiger partial charge is 0.442 e. The van der Waals surface area contributed by atoms with E-state index in [2.05, 4.69) is 38.1 Å². The van der Waals surface area contributed by atoms with Gasteiger partial charge in [-0.2, -0.15) is 0 Å². The van der Waals surface area contributed by atoms with E-state index in [1.165, 1.54) is 0 Å². The first-order valence-electron chi connectivity index (χ1n) is 17.9. The van der Waals surface area contributed by atoms with E-state index in [0.29, 0.717) is 11.6 Å². The number of aliphatic hydroxyl groups excluding tert-OH is 3. The molecular weight excluding hydrogens is 707 g/mol. The van der Waals surface area contributed by atoms with Crippen molar-refractivity contribution < 1.29 is 19.7 Å². The van der Waals surface area contributed by atoms with E-state index >= 15 is 0 Å². The molecule has 0 radical (unpaired) electrons. The first-order chi connectivity index (χ1) is 27.5. The predicted octanol–water partition coefficient (Wildman–Crippen LogP) is 6.89. The van der Waals surface area contributed by atoms with E-state index in [-0.39, 0.29) is 19.8 Å². The van der Waals surface area contributed by atoms with E-state index in [1.807, 2.05) is 134 Å². The van der Waals surface area contributed by atoms with Gasteiger partial charge in [-0.1, -0.05) is 66.7 Å². The van der Waals surface area contributed by atoms with Crippen molar-refractivity contribution in [3.63, 3.8) is 0 Å². The van der Waals surface area contributed by atoms with Gasteiger partial charge in [-0.05, 0) is 54.1 Å². The van der Waals surface area contributed by atoms with Gasteiger partial charge in [-0.3, -0.25) is 13.7 Å². The number of para-hydroxylation sites is 5. The molecule has 56 heavy (non-hydrogen) atoms. The second-order valence-electron chi connectivity index (χ2n) is 12.9. The maximum Gasteiger partial charge on any atom is 0.215 e. The molecule has 0 aliphatic carbocycles. The van der Waals surface area contributed by atoms with Gasteiger partial charge in [0.05, 0.1) is 58.2 Å². The molecule has 0 fully saturated rings. The minimum Gasteiger partial charge on any atom is -0.442 e. The molecule has 0 atom stereocenters. The molecule has 0 bridgehead atoms. The lowest BCUT2D eigenvalue weighted by Gasteiger charge is -2.07. The fourth-order valence-electron chi connectivity index (χ4n) is 6.65. The van der Waals surface area contributed by atoms with Crippen LogP contribution in [0.1, 0.15) is 17.1 Å². The van der Waals surface area contributed by atoms with Crippen LogP contribution in [0.25, 0.3) is 61.9 Å². The summed E-state index contributed by atoms with van der Waals surface area (Å²) < 4.78 is 15.2. The van der Waals surface area contributed by atoms with E-state index in [0.717, 1.165) is 67.4 Å². The van der Waals surface area contributed by atoms with Gasteiger partial charge in [0.25, 0.3) is 0 Å². The van der Waals surface area contributed by atoms with Gasteiger partial charge in [-0.15, -0.1) is 0 Å². The summed E-state index contributed by atoms with van der Waals surface area (Å²) >= 11 is 0. The molecular formula is C43H39N9O4. The fraction of sp³-hybridized carbons (Fsp3) is 0.116. The Kier molecular flexibility index (Phi) is 10.1. The topological polar surface area (TPSA) is 150 Å². The highest BCUT2D eigenvalue weighted by atomic mass is 16.4. The molecule has 6 aromatic heterocycles. The highest BCUT2D eigenvalue weighted by molar-refractivity contribution is 5.92. The zero-order chi connectivity index (χ0) is 38.6. The van der Waals surface area contributed by atoms with Gasteiger partial charge in [-0.25, -0.2) is 19.9 Å². The number of aromatic nitrogens is 9. The van der Waals surface area contributed by atoms with Gasteiger partial charge >= 0.3 is 0 Å². The van der Waals surface area contributed by atoms with Crippen LogP contribution in [0.2, 0.25) is 0 Å². The summed E-state index contributed by atoms with van der Waals surface area (Å²) in [5, 5.41) is 27.5. The molecule has 0 spiro atoms. The number of rotatable bonds is 7. The number of benzene rings is 4. The molecule has 13 nitrogen and oxygen atoms in total. The normalized spacial score (nSPS) is 11.2. The number of aliphatic hydroxyl groups is 3. The summed E-state index contributed by atoms with van der Waals surface area (Å²) in [6, 6.07) is 39.7. The minimum atomic E-state index is -0.109. The Morgan fingerprint density at radius 1 is 0.518 bits per heavy atom. The van der Waals surface area contributed by atoms with Crippen molar-refractivity contribution in [1.29, 1.82) is 0 Å². The smallest absolute Gasteiger partial charge is 0.215 e. The third-order valence-corrected chi connectivity index (χ3v) is 9.65. The summed E-state index contributed by atoms with van der Waals surface area (Å²) in [4.78, 5) is 17.5. The monoisotopic (exact) mass is 745 g/mol. The predicted molar refractivity (Wildman–Crippen MR) is 214 cm³/mol. The molecule has 4 aromatic carbocycles. The van der Waals surface area contributed by atoms with Gasteiger partial charge < -0.3 is 28.9 Å². The standard InChI is InChI=1S/C18H14N2O2.C13H13N3O.C12H12N4O/c21-11-14-9-10-17(22-14)20-12-19-18-15(7-4-8-16(18)20)13-5-2-1-3-6-13;1-15-10(8-17)6-7-13(15)16-9-14-11-4-2-3-5-12(11)16;1-15-9(7-17)6-13-12(15)16-8-14-10-4-2-3-5-11(10)16/h1-10,12,21H,11H2;2-7,9,17H,8H2,1H3;2-6,8,17H,7H2,1H3. The third-order valence-electron chi connectivity index (χ3n) is 9.65. The van der Waals surface area contributed by atoms with Crippen molar-refractivity contribution in [2.75, 3.05) is 0 Å². The lowest BCUT2D eigenvalue weighted by atomic mass is 10.0. The molecule has 0 saturated carbocycles. The second kappa shape index (κ2) is 15.7. The van der Waals surface area contributed by atoms with Crippen molar-refractivity contribution in [1.82, 2.24) is 42.8 Å². The van der Waals surface area contributed by atoms with Crippen LogP contribution in [0.5, 0.6) is 0 Å². The first-order valence-corrected chi connectivity index (χ1v) is 17.9. The molecule has 0 amide bonds. The molecule has 0 unspecified atom stereocenters. The van der Waals surface area contributed by atoms with Crippen LogP contribution in [-0.2, 0) is 33.9 Å². The van der Waals surface area contributed by atoms with Crippen molar-refractivity contribution in [2.45, 2.75) is 19.8 Å². The molecule has 280 valence electrons. The highest BCUT2D eigenvalue weighted by Crippen LogP contribution is 2.29. The van der Waals surface area contributed by atoms with Crippen molar-refractivity contribution in [3.05, 3.63) is 164 Å². The van der Waals surface area contributed by atoms with Crippen LogP contribution >= 0.6 is 0 Å². The lowest BCUT2D eigenvalue weighted by Crippen LogP contribution is -2.04. The Morgan fingerprint density at radius 3 is 1.82 bits per heavy atom. The van der Waals surface area contributed by atoms with Crippen LogP contribution in [0, 0.1) is 0 Å². The minimum absolute atomic E-state index is 0.0177. The van der Waals surface area contributed by atoms with E-state index in [4.69, 9.17) is 14.6 Å². The van der Waals surface area contributed by atoms with Gasteiger partial charge in [0.1, 0.15) is 37.2 Å². The number of hydrogen-bond donors (Lipinski definition) is 3. The molecule has 0 saturated heterocycles. The zero-order valence-electron chi connectivity index (χ0n) is 30.8. The third kappa shape index (κ3) is 6.77. The van der Waals surface area contributed by atoms with Gasteiger partial charge in [0.15, 0.2) is 0 Å². The Balaban J connectivity index is 0.000000120. The van der Waals surface area contributed by atoms with E-state index in [9.17, 15) is 5.11 Å². The maximum atomic E-state index is 9.20. The van der Waals surface area contributed by atoms with Crippen molar-refractivity contribution in [3.8, 4) is 28.8 Å². The highest BCUT2D eigenvalue weighted by Gasteiger charge is 2.13. The molecule has 0 aliphatic heterocycles. The Labute approximate surface area is 321 Å². The Bertz CT molecular complexity index is 2760. The lowest BCUT2D eigenvalue weighted by molar-refractivity contribution is 0.246. The average Bonchev–Trinajstić information content (AvgIpc) is 4.11. The summed E-state index contributed by atoms with van der Waals surface area (Å²) in [5.41, 5.74) is 9.76. The number of nitrogens with zero attached hydrogens (tertiary/aromatic N) is 9. The SMILES string of the molecule is Cn1c(CO)ccc1-n1cnc2ccccc21.Cn1c(CO)cnc1-n1cnc2ccccc21.OCc1ccc(-n2cnc3c(-c4ccccc4)cccc32)o1.